The summed E-state index contributed by atoms with van der Waals surface area (Å²) in [5.74, 6) is 0.252. The zero-order valence-corrected chi connectivity index (χ0v) is 14.9. The van der Waals surface area contributed by atoms with Gasteiger partial charge in [0.05, 0.1) is 12.3 Å². The van der Waals surface area contributed by atoms with Gasteiger partial charge in [0.25, 0.3) is 11.7 Å². The quantitative estimate of drug-likeness (QED) is 0.595. The first-order valence-electron chi connectivity index (χ1n) is 9.05. The highest BCUT2D eigenvalue weighted by molar-refractivity contribution is 5.97. The molecule has 0 radical (unpaired) electrons. The van der Waals surface area contributed by atoms with Crippen molar-refractivity contribution in [2.75, 3.05) is 13.1 Å². The molecule has 27 heavy (non-hydrogen) atoms. The number of hydrogen-bond donors (Lipinski definition) is 3. The highest BCUT2D eigenvalue weighted by atomic mass is 19.1. The van der Waals surface area contributed by atoms with Crippen LogP contribution in [-0.4, -0.2) is 40.1 Å². The van der Waals surface area contributed by atoms with Crippen molar-refractivity contribution in [1.29, 1.82) is 0 Å². The Morgan fingerprint density at radius 2 is 2.11 bits per heavy atom. The van der Waals surface area contributed by atoms with E-state index in [2.05, 4.69) is 15.2 Å². The van der Waals surface area contributed by atoms with E-state index in [1.165, 1.54) is 6.07 Å². The monoisotopic (exact) mass is 369 g/mol. The lowest BCUT2D eigenvalue weighted by molar-refractivity contribution is -0.522. The van der Waals surface area contributed by atoms with Gasteiger partial charge in [-0.05, 0) is 24.6 Å². The molecule has 1 aliphatic heterocycles. The molecule has 1 saturated heterocycles. The molecule has 2 aromatic heterocycles. The van der Waals surface area contributed by atoms with Crippen LogP contribution in [0.1, 0.15) is 28.3 Å². The Bertz CT molecular complexity index is 972. The van der Waals surface area contributed by atoms with E-state index in [-0.39, 0.29) is 24.4 Å². The van der Waals surface area contributed by atoms with E-state index in [0.717, 1.165) is 24.3 Å². The number of rotatable bonds is 5. The molecule has 0 aliphatic carbocycles. The van der Waals surface area contributed by atoms with Crippen LogP contribution in [0, 0.1) is 5.82 Å². The van der Waals surface area contributed by atoms with Crippen LogP contribution in [0.3, 0.4) is 0 Å². The van der Waals surface area contributed by atoms with Gasteiger partial charge in [0.2, 0.25) is 5.69 Å². The Morgan fingerprint density at radius 3 is 2.89 bits per heavy atom. The fourth-order valence-corrected chi connectivity index (χ4v) is 3.51. The molecule has 3 heterocycles. The van der Waals surface area contributed by atoms with E-state index in [0.29, 0.717) is 24.3 Å². The van der Waals surface area contributed by atoms with Crippen LogP contribution in [0.2, 0.25) is 0 Å². The number of aliphatic hydroxyl groups is 1. The van der Waals surface area contributed by atoms with Crippen LogP contribution < -0.4 is 9.72 Å². The average Bonchev–Trinajstić information content (AvgIpc) is 3.25. The van der Waals surface area contributed by atoms with Crippen LogP contribution >= 0.6 is 0 Å². The summed E-state index contributed by atoms with van der Waals surface area (Å²) < 4.78 is 15.7. The molecule has 1 amide bonds. The molecule has 1 aliphatic rings. The molecule has 0 bridgehead atoms. The Labute approximate surface area is 156 Å². The van der Waals surface area contributed by atoms with Crippen LogP contribution in [0.25, 0.3) is 5.52 Å². The molecule has 0 saturated carbocycles. The van der Waals surface area contributed by atoms with Crippen LogP contribution in [0.5, 0.6) is 0 Å². The third kappa shape index (κ3) is 3.70. The maximum absolute atomic E-state index is 13.8. The number of nitrogens with zero attached hydrogens (tertiary/aromatic N) is 2. The lowest BCUT2D eigenvalue weighted by Gasteiger charge is -2.10. The molecular formula is C20H22FN4O2+. The van der Waals surface area contributed by atoms with Crippen molar-refractivity contribution in [2.45, 2.75) is 25.6 Å². The van der Waals surface area contributed by atoms with E-state index >= 15 is 0 Å². The van der Waals surface area contributed by atoms with Gasteiger partial charge in [-0.1, -0.05) is 24.3 Å². The van der Waals surface area contributed by atoms with Gasteiger partial charge in [-0.25, -0.2) is 9.37 Å². The van der Waals surface area contributed by atoms with Gasteiger partial charge in [-0.3, -0.25) is 9.69 Å². The molecule has 1 fully saturated rings. The molecule has 1 atom stereocenters. The van der Waals surface area contributed by atoms with Gasteiger partial charge in [-0.15, -0.1) is 0 Å². The minimum absolute atomic E-state index is 0.122. The number of aromatic nitrogens is 2. The third-order valence-electron chi connectivity index (χ3n) is 4.92. The van der Waals surface area contributed by atoms with Crippen LogP contribution in [0.15, 0.2) is 48.7 Å². The fraction of sp³-hybridized carbons (Fsp3) is 0.300. The van der Waals surface area contributed by atoms with Crippen LogP contribution in [-0.2, 0) is 13.1 Å². The number of H-pyrrole nitrogens is 1. The summed E-state index contributed by atoms with van der Waals surface area (Å²) in [7, 11) is 0. The first kappa shape index (κ1) is 17.6. The number of pyridine rings is 1. The first-order valence-corrected chi connectivity index (χ1v) is 9.05. The molecule has 140 valence electrons. The number of carbonyl (C=O) groups is 1. The predicted molar refractivity (Wildman–Crippen MR) is 97.4 cm³/mol. The number of carbonyl (C=O) groups excluding carboxylic acids is 1. The molecule has 3 aromatic rings. The average molecular weight is 369 g/mol. The number of hydrogen-bond acceptors (Lipinski definition) is 3. The Hall–Kier alpha value is -2.77. The van der Waals surface area contributed by atoms with Gasteiger partial charge in [0, 0.05) is 25.2 Å². The second-order valence-electron chi connectivity index (χ2n) is 6.85. The van der Waals surface area contributed by atoms with Crippen molar-refractivity contribution in [3.8, 4) is 0 Å². The minimum atomic E-state index is -0.336. The second-order valence-corrected chi connectivity index (χ2v) is 6.85. The van der Waals surface area contributed by atoms with E-state index < -0.39 is 0 Å². The van der Waals surface area contributed by atoms with E-state index in [9.17, 15) is 14.3 Å². The number of benzene rings is 1. The van der Waals surface area contributed by atoms with Crippen molar-refractivity contribution in [3.63, 3.8) is 0 Å². The first-order chi connectivity index (χ1) is 13.1. The van der Waals surface area contributed by atoms with Crippen molar-refractivity contribution in [2.24, 2.45) is 0 Å². The largest absolute Gasteiger partial charge is 0.392 e. The zero-order valence-electron chi connectivity index (χ0n) is 14.9. The molecule has 7 heteroatoms. The lowest BCUT2D eigenvalue weighted by atomic mass is 10.2. The fourth-order valence-electron chi connectivity index (χ4n) is 3.51. The summed E-state index contributed by atoms with van der Waals surface area (Å²) in [6.45, 7) is 2.19. The number of β-amino-alcohol motifs (C(OH)–C–C–N with tert-alkyl or cyclic N) is 1. The van der Waals surface area contributed by atoms with Gasteiger partial charge >= 0.3 is 0 Å². The van der Waals surface area contributed by atoms with Gasteiger partial charge in [0.15, 0.2) is 5.52 Å². The van der Waals surface area contributed by atoms with Crippen molar-refractivity contribution >= 4 is 11.4 Å². The summed E-state index contributed by atoms with van der Waals surface area (Å²) in [6.07, 6.45) is 2.38. The molecule has 1 aromatic carbocycles. The number of imidazole rings is 1. The number of nitrogens with one attached hydrogen (secondary N) is 2. The maximum Gasteiger partial charge on any atom is 0.295 e. The number of amides is 1. The zero-order chi connectivity index (χ0) is 18.8. The smallest absolute Gasteiger partial charge is 0.295 e. The second kappa shape index (κ2) is 7.46. The highest BCUT2D eigenvalue weighted by Crippen LogP contribution is 2.14. The molecule has 6 nitrogen and oxygen atoms in total. The summed E-state index contributed by atoms with van der Waals surface area (Å²) >= 11 is 0. The molecule has 1 unspecified atom stereocenters. The standard InChI is InChI=1S/C20H21FN4O2/c21-16-6-2-1-5-14(16)11-22-20(27)19-17-7-3-4-9-25(17)18(23-19)13-24-10-8-15(26)12-24/h1-7,9,15,26H,8,10-13H2,(H,22,27)/p+1. The maximum atomic E-state index is 13.8. The SMILES string of the molecule is O=C(NCc1ccccc1F)c1[nH]c(CN2CCC(O)C2)[n+]2ccccc12. The van der Waals surface area contributed by atoms with Crippen molar-refractivity contribution < 1.29 is 18.7 Å². The molecule has 4 rings (SSSR count). The topological polar surface area (TPSA) is 72.5 Å². The number of aliphatic hydroxyl groups excluding tert-OH is 1. The normalized spacial score (nSPS) is 17.5. The van der Waals surface area contributed by atoms with Crippen molar-refractivity contribution in [3.05, 3.63) is 71.6 Å². The lowest BCUT2D eigenvalue weighted by Crippen LogP contribution is -2.31. The van der Waals surface area contributed by atoms with E-state index in [4.69, 9.17) is 0 Å². The van der Waals surface area contributed by atoms with Gasteiger partial charge < -0.3 is 10.4 Å². The van der Waals surface area contributed by atoms with Gasteiger partial charge in [0.1, 0.15) is 12.4 Å². The number of likely N-dealkylation sites (tertiary alicyclic amines) is 1. The Balaban J connectivity index is 1.56. The molecule has 3 N–H and O–H groups in total. The highest BCUT2D eigenvalue weighted by Gasteiger charge is 2.27. The summed E-state index contributed by atoms with van der Waals surface area (Å²) in [4.78, 5) is 18.1. The predicted octanol–water partition coefficient (Wildman–Crippen LogP) is 1.39. The summed E-state index contributed by atoms with van der Waals surface area (Å²) in [5, 5.41) is 12.5. The third-order valence-corrected chi connectivity index (χ3v) is 4.92. The summed E-state index contributed by atoms with van der Waals surface area (Å²) in [5.41, 5.74) is 1.65. The Kier molecular flexibility index (Phi) is 4.87. The number of aromatic amines is 1. The Morgan fingerprint density at radius 1 is 1.30 bits per heavy atom. The number of fused-ring (bicyclic) bond motifs is 1. The van der Waals surface area contributed by atoms with Gasteiger partial charge in [-0.2, -0.15) is 4.40 Å². The molecule has 0 spiro atoms. The number of halogens is 1. The molecular weight excluding hydrogens is 347 g/mol. The van der Waals surface area contributed by atoms with E-state index in [1.807, 2.05) is 28.8 Å². The van der Waals surface area contributed by atoms with E-state index in [1.54, 1.807) is 18.2 Å². The summed E-state index contributed by atoms with van der Waals surface area (Å²) in [6, 6.07) is 12.1. The minimum Gasteiger partial charge on any atom is -0.392 e. The van der Waals surface area contributed by atoms with Crippen LogP contribution in [0.4, 0.5) is 4.39 Å². The van der Waals surface area contributed by atoms with Crippen molar-refractivity contribution in [1.82, 2.24) is 15.2 Å².